The number of nitrogens with one attached hydrogen (secondary N) is 2. The molecule has 23 heteroatoms. The molecule has 1 aliphatic heterocycles. The maximum absolute atomic E-state index is 15.1. The summed E-state index contributed by atoms with van der Waals surface area (Å²) in [4.78, 5) is 80.5. The zero-order valence-electron chi connectivity index (χ0n) is 45.3. The molecule has 3 aromatic rings. The highest BCUT2D eigenvalue weighted by atomic mass is 32.2. The van der Waals surface area contributed by atoms with Gasteiger partial charge in [-0.2, -0.15) is 0 Å². The van der Waals surface area contributed by atoms with Gasteiger partial charge in [0.05, 0.1) is 47.9 Å². The summed E-state index contributed by atoms with van der Waals surface area (Å²) in [6, 6.07) is 19.7. The highest BCUT2D eigenvalue weighted by molar-refractivity contribution is 7.79. The number of carbonyl (C=O) groups is 6. The Morgan fingerprint density at radius 1 is 0.873 bits per heavy atom. The van der Waals surface area contributed by atoms with Crippen molar-refractivity contribution in [2.24, 2.45) is 40.3 Å². The Balaban J connectivity index is 0.000000665. The number of carboxylic acids is 1. The molecule has 4 saturated carbocycles. The van der Waals surface area contributed by atoms with E-state index in [0.29, 0.717) is 24.8 Å². The molecule has 1 amide bonds. The SMILES string of the molecule is CC(=O)O[C@]12COC1C[C@@H](O)[C@@]1(C)[C@H]2[C@@H](OC(=O)c2ccccc2)[C@@]2(O)C[C@@H](OC(=O)[C@@H](OC(=O)C3CCC(NN)C3)[C@H](NC(=O)OC(C)(C)C)c3ccccc3)[C@H](C)C([C@H](O)[C@@H]1O)C2(C)C.O=C(O)c1ccc(S(=O)[O-])cc1. The standard InChI is InChI=1S/C49H67N3O15.C7H6O4S/c1-25-31(63-43(59)37(64-42(58)29-19-20-30(21-29)52-50)35(27-15-11-9-12-16-27)51-44(60)67-45(3,4)5)23-49(61)40(65-41(57)28-17-13-10-14-18-28)38-47(8,39(56)36(55)34(25)46(49,6)7)32(54)22-33-48(38,24-62-33)66-26(2)53;8-7(9)5-1-3-6(4-2-5)12(10)11/h9-18,25,29-40,52,54-56,61H,19-24,50H2,1-8H3,(H,51,60);1-4H,(H,8,9)(H,10,11)/p-1/t25-,29?,30?,31+,32+,33?,34?,35+,36-,37-,38+,39-,40+,47-,48+,49-;/m0./s1. The monoisotopic (exact) mass is 1120 g/mol. The minimum atomic E-state index is -2.31. The van der Waals surface area contributed by atoms with Crippen molar-refractivity contribution in [3.8, 4) is 0 Å². The number of carboxylic acid groups (broad SMARTS) is 1. The third-order valence-electron chi connectivity index (χ3n) is 16.9. The third kappa shape index (κ3) is 12.1. The van der Waals surface area contributed by atoms with Gasteiger partial charge < -0.3 is 63.8 Å². The molecule has 1 heterocycles. The van der Waals surface area contributed by atoms with E-state index < -0.39 is 154 Å². The van der Waals surface area contributed by atoms with E-state index in [1.807, 2.05) is 0 Å². The molecule has 432 valence electrons. The Morgan fingerprint density at radius 2 is 1.49 bits per heavy atom. The molecule has 5 unspecified atom stereocenters. The van der Waals surface area contributed by atoms with Crippen molar-refractivity contribution in [2.75, 3.05) is 6.61 Å². The summed E-state index contributed by atoms with van der Waals surface area (Å²) in [6.07, 6.45) is -11.2. The number of benzene rings is 3. The number of alkyl carbamates (subject to hydrolysis) is 1. The van der Waals surface area contributed by atoms with E-state index in [0.717, 1.165) is 0 Å². The van der Waals surface area contributed by atoms with Crippen LogP contribution in [-0.4, -0.2) is 142 Å². The molecule has 0 radical (unpaired) electrons. The Kier molecular flexibility index (Phi) is 18.2. The van der Waals surface area contributed by atoms with Crippen LogP contribution >= 0.6 is 0 Å². The number of ether oxygens (including phenoxy) is 6. The molecule has 0 spiro atoms. The van der Waals surface area contributed by atoms with Crippen LogP contribution in [0.2, 0.25) is 0 Å². The smallest absolute Gasteiger partial charge is 0.408 e. The largest absolute Gasteiger partial charge is 0.768 e. The summed E-state index contributed by atoms with van der Waals surface area (Å²) in [7, 11) is 0. The highest BCUT2D eigenvalue weighted by Gasteiger charge is 2.79. The minimum Gasteiger partial charge on any atom is -0.768 e. The van der Waals surface area contributed by atoms with Crippen LogP contribution in [0.1, 0.15) is 120 Å². The number of carbonyl (C=O) groups excluding carboxylic acids is 5. The van der Waals surface area contributed by atoms with Gasteiger partial charge >= 0.3 is 35.9 Å². The summed E-state index contributed by atoms with van der Waals surface area (Å²) >= 11 is -2.29. The fourth-order valence-electron chi connectivity index (χ4n) is 12.7. The molecular weight excluding hydrogens is 1050 g/mol. The molecule has 3 aromatic carbocycles. The predicted octanol–water partition coefficient (Wildman–Crippen LogP) is 3.79. The second-order valence-corrected chi connectivity index (χ2v) is 24.1. The van der Waals surface area contributed by atoms with Crippen LogP contribution < -0.4 is 16.6 Å². The Bertz CT molecular complexity index is 2700. The maximum atomic E-state index is 15.1. The average molecular weight is 1120 g/mol. The molecule has 22 nitrogen and oxygen atoms in total. The van der Waals surface area contributed by atoms with Crippen LogP contribution in [0.25, 0.3) is 0 Å². The number of esters is 4. The first-order valence-corrected chi connectivity index (χ1v) is 27.3. The second-order valence-electron chi connectivity index (χ2n) is 23.1. The summed E-state index contributed by atoms with van der Waals surface area (Å²) in [5.74, 6) is -3.05. The van der Waals surface area contributed by atoms with E-state index in [2.05, 4.69) is 10.7 Å². The Labute approximate surface area is 460 Å². The number of hydrogen-bond donors (Lipinski definition) is 8. The lowest BCUT2D eigenvalue weighted by atomic mass is 9.42. The maximum Gasteiger partial charge on any atom is 0.408 e. The molecule has 8 rings (SSSR count). The molecule has 1 saturated heterocycles. The van der Waals surface area contributed by atoms with Gasteiger partial charge in [0.25, 0.3) is 0 Å². The lowest BCUT2D eigenvalue weighted by Crippen LogP contribution is -2.83. The molecule has 0 aromatic heterocycles. The number of amides is 1. The molecule has 4 aliphatic carbocycles. The van der Waals surface area contributed by atoms with Crippen molar-refractivity contribution < 1.29 is 91.5 Å². The van der Waals surface area contributed by atoms with Crippen molar-refractivity contribution in [1.82, 2.24) is 10.7 Å². The number of hydrazine groups is 1. The van der Waals surface area contributed by atoms with Gasteiger partial charge in [0.15, 0.2) is 5.60 Å². The van der Waals surface area contributed by atoms with Gasteiger partial charge in [-0.15, -0.1) is 0 Å². The quantitative estimate of drug-likeness (QED) is 0.0397. The Morgan fingerprint density at radius 3 is 2.03 bits per heavy atom. The van der Waals surface area contributed by atoms with E-state index in [-0.39, 0.29) is 35.1 Å². The van der Waals surface area contributed by atoms with Gasteiger partial charge in [0, 0.05) is 47.5 Å². The first-order chi connectivity index (χ1) is 37.0. The van der Waals surface area contributed by atoms with Gasteiger partial charge in [-0.3, -0.25) is 25.1 Å². The van der Waals surface area contributed by atoms with E-state index in [1.54, 1.807) is 90.1 Å². The van der Waals surface area contributed by atoms with Gasteiger partial charge in [-0.1, -0.05) is 76.2 Å². The number of rotatable bonds is 13. The van der Waals surface area contributed by atoms with Gasteiger partial charge in [-0.05, 0) is 99.0 Å². The van der Waals surface area contributed by atoms with Crippen LogP contribution in [0, 0.1) is 34.5 Å². The molecule has 5 fully saturated rings. The average Bonchev–Trinajstić information content (AvgIpc) is 3.49. The lowest BCUT2D eigenvalue weighted by Gasteiger charge is -2.70. The first-order valence-electron chi connectivity index (χ1n) is 26.2. The van der Waals surface area contributed by atoms with Crippen LogP contribution in [0.3, 0.4) is 0 Å². The number of fused-ring (bicyclic) bond motifs is 5. The zero-order chi connectivity index (χ0) is 58.2. The van der Waals surface area contributed by atoms with Crippen LogP contribution in [0.5, 0.6) is 0 Å². The number of aliphatic hydroxyl groups is 4. The fourth-order valence-corrected chi connectivity index (χ4v) is 13.1. The van der Waals surface area contributed by atoms with Gasteiger partial charge in [-0.25, -0.2) is 19.2 Å². The van der Waals surface area contributed by atoms with E-state index >= 15 is 4.79 Å². The lowest BCUT2D eigenvalue weighted by molar-refractivity contribution is -0.379. The van der Waals surface area contributed by atoms with Crippen LogP contribution in [0.15, 0.2) is 89.8 Å². The number of aromatic carboxylic acids is 1. The van der Waals surface area contributed by atoms with E-state index in [4.69, 9.17) is 39.4 Å². The van der Waals surface area contributed by atoms with Crippen molar-refractivity contribution in [3.63, 3.8) is 0 Å². The topological polar surface area (TPSA) is 349 Å². The van der Waals surface area contributed by atoms with Crippen molar-refractivity contribution in [3.05, 3.63) is 102 Å². The summed E-state index contributed by atoms with van der Waals surface area (Å²) < 4.78 is 57.3. The first kappa shape index (κ1) is 60.7. The van der Waals surface area contributed by atoms with E-state index in [1.165, 1.54) is 50.2 Å². The molecule has 2 bridgehead atoms. The molecular formula is C56H72N3O19S-. The van der Waals surface area contributed by atoms with Gasteiger partial charge in [0.1, 0.15) is 35.6 Å². The highest BCUT2D eigenvalue weighted by Crippen LogP contribution is 2.66. The second kappa shape index (κ2) is 23.7. The number of aliphatic hydroxyl groups excluding tert-OH is 3. The third-order valence-corrected chi connectivity index (χ3v) is 17.5. The van der Waals surface area contributed by atoms with Crippen molar-refractivity contribution in [2.45, 2.75) is 164 Å². The van der Waals surface area contributed by atoms with Crippen LogP contribution in [0.4, 0.5) is 4.79 Å². The van der Waals surface area contributed by atoms with Crippen LogP contribution in [-0.2, 0) is 53.9 Å². The summed E-state index contributed by atoms with van der Waals surface area (Å²) in [6.45, 7) is 12.4. The molecule has 17 atom stereocenters. The fraction of sp³-hybridized carbons (Fsp3) is 0.571. The minimum absolute atomic E-state index is 0.0733. The molecule has 5 aliphatic rings. The number of hydrogen-bond acceptors (Lipinski definition) is 20. The molecule has 9 N–H and O–H groups in total. The molecule has 79 heavy (non-hydrogen) atoms. The Hall–Kier alpha value is -5.89. The predicted molar refractivity (Wildman–Crippen MR) is 277 cm³/mol. The van der Waals surface area contributed by atoms with Gasteiger partial charge in [0.2, 0.25) is 6.10 Å². The number of nitrogens with two attached hydrogens (primary N) is 1. The summed E-state index contributed by atoms with van der Waals surface area (Å²) in [5.41, 5.74) is -5.09. The normalized spacial score (nSPS) is 33.5. The van der Waals surface area contributed by atoms with Crippen molar-refractivity contribution in [1.29, 1.82) is 0 Å². The zero-order valence-corrected chi connectivity index (χ0v) is 46.1. The summed E-state index contributed by atoms with van der Waals surface area (Å²) in [5, 5.41) is 62.2. The van der Waals surface area contributed by atoms with Crippen molar-refractivity contribution >= 4 is 47.0 Å². The van der Waals surface area contributed by atoms with E-state index in [9.17, 15) is 53.2 Å².